The minimum Gasteiger partial charge on any atom is -0.354 e. The van der Waals surface area contributed by atoms with Gasteiger partial charge < -0.3 is 10.2 Å². The predicted molar refractivity (Wildman–Crippen MR) is 159 cm³/mol. The molecule has 0 heterocycles. The first-order valence-corrected chi connectivity index (χ1v) is 15.2. The molecule has 1 N–H and O–H groups in total. The van der Waals surface area contributed by atoms with E-state index in [1.54, 1.807) is 43.3 Å². The molecule has 0 saturated heterocycles. The molecular formula is C29H33BrClN3O4S. The Hall–Kier alpha value is -2.88. The first-order valence-electron chi connectivity index (χ1n) is 12.6. The van der Waals surface area contributed by atoms with Crippen LogP contribution in [0.15, 0.2) is 82.2 Å². The van der Waals surface area contributed by atoms with Crippen LogP contribution in [0.4, 0.5) is 5.69 Å². The molecule has 7 nitrogen and oxygen atoms in total. The largest absolute Gasteiger partial charge is 0.354 e. The Morgan fingerprint density at radius 1 is 0.974 bits per heavy atom. The lowest BCUT2D eigenvalue weighted by Crippen LogP contribution is -2.51. The van der Waals surface area contributed by atoms with Crippen molar-refractivity contribution >= 4 is 55.1 Å². The zero-order valence-corrected chi connectivity index (χ0v) is 25.6. The Morgan fingerprint density at radius 2 is 1.64 bits per heavy atom. The second-order valence-corrected chi connectivity index (χ2v) is 12.9. The average molecular weight is 635 g/mol. The SMILES string of the molecule is Cc1ccc(S(=O)(=O)N(CC(=O)N(Cc2cccc(Br)c2)C(C)C(=O)NCC(C)C)c2ccccc2Cl)cc1. The number of rotatable bonds is 11. The summed E-state index contributed by atoms with van der Waals surface area (Å²) in [6.45, 7) is 7.47. The summed E-state index contributed by atoms with van der Waals surface area (Å²) in [7, 11) is -4.18. The quantitative estimate of drug-likeness (QED) is 0.289. The predicted octanol–water partition coefficient (Wildman–Crippen LogP) is 5.80. The van der Waals surface area contributed by atoms with Crippen LogP contribution in [-0.4, -0.2) is 44.3 Å². The minimum absolute atomic E-state index is 0.0297. The van der Waals surface area contributed by atoms with Crippen molar-refractivity contribution in [1.29, 1.82) is 0 Å². The molecule has 0 spiro atoms. The van der Waals surface area contributed by atoms with Gasteiger partial charge in [0, 0.05) is 17.6 Å². The zero-order chi connectivity index (χ0) is 28.7. The van der Waals surface area contributed by atoms with Crippen molar-refractivity contribution in [2.75, 3.05) is 17.4 Å². The number of carbonyl (C=O) groups excluding carboxylic acids is 2. The van der Waals surface area contributed by atoms with Gasteiger partial charge >= 0.3 is 0 Å². The maximum Gasteiger partial charge on any atom is 0.264 e. The van der Waals surface area contributed by atoms with Crippen molar-refractivity contribution in [3.63, 3.8) is 0 Å². The first kappa shape index (κ1) is 30.7. The number of halogens is 2. The highest BCUT2D eigenvalue weighted by atomic mass is 79.9. The summed E-state index contributed by atoms with van der Waals surface area (Å²) in [6.07, 6.45) is 0. The van der Waals surface area contributed by atoms with Gasteiger partial charge in [-0.15, -0.1) is 0 Å². The van der Waals surface area contributed by atoms with E-state index in [2.05, 4.69) is 21.2 Å². The lowest BCUT2D eigenvalue weighted by Gasteiger charge is -2.32. The normalized spacial score (nSPS) is 12.2. The summed E-state index contributed by atoms with van der Waals surface area (Å²) in [5.41, 5.74) is 1.86. The highest BCUT2D eigenvalue weighted by Gasteiger charge is 2.33. The summed E-state index contributed by atoms with van der Waals surface area (Å²) in [6, 6.07) is 19.4. The number of carbonyl (C=O) groups is 2. The molecule has 3 aromatic rings. The monoisotopic (exact) mass is 633 g/mol. The molecule has 0 aliphatic heterocycles. The van der Waals surface area contributed by atoms with Gasteiger partial charge in [0.25, 0.3) is 10.0 Å². The minimum atomic E-state index is -4.18. The van der Waals surface area contributed by atoms with E-state index < -0.39 is 28.5 Å². The van der Waals surface area contributed by atoms with Crippen LogP contribution in [-0.2, 0) is 26.2 Å². The number of nitrogens with one attached hydrogen (secondary N) is 1. The number of para-hydroxylation sites is 1. The molecule has 0 aliphatic rings. The van der Waals surface area contributed by atoms with Gasteiger partial charge in [0.1, 0.15) is 12.6 Å². The van der Waals surface area contributed by atoms with Crippen molar-refractivity contribution in [1.82, 2.24) is 10.2 Å². The molecular weight excluding hydrogens is 602 g/mol. The smallest absolute Gasteiger partial charge is 0.264 e. The Balaban J connectivity index is 2.02. The molecule has 208 valence electrons. The summed E-state index contributed by atoms with van der Waals surface area (Å²) >= 11 is 9.88. The van der Waals surface area contributed by atoms with Crippen LogP contribution in [0.25, 0.3) is 0 Å². The lowest BCUT2D eigenvalue weighted by molar-refractivity contribution is -0.139. The third-order valence-corrected chi connectivity index (χ3v) is 8.69. The molecule has 3 aromatic carbocycles. The van der Waals surface area contributed by atoms with Crippen molar-refractivity contribution in [2.45, 2.75) is 45.2 Å². The number of nitrogens with zero attached hydrogens (tertiary/aromatic N) is 2. The van der Waals surface area contributed by atoms with Crippen LogP contribution < -0.4 is 9.62 Å². The molecule has 0 radical (unpaired) electrons. The summed E-state index contributed by atoms with van der Waals surface area (Å²) in [4.78, 5) is 28.4. The van der Waals surface area contributed by atoms with E-state index in [1.165, 1.54) is 17.0 Å². The third-order valence-electron chi connectivity index (χ3n) is 6.10. The van der Waals surface area contributed by atoms with Crippen LogP contribution in [0.5, 0.6) is 0 Å². The molecule has 1 unspecified atom stereocenters. The van der Waals surface area contributed by atoms with Gasteiger partial charge in [0.15, 0.2) is 0 Å². The van der Waals surface area contributed by atoms with Crippen molar-refractivity contribution < 1.29 is 18.0 Å². The highest BCUT2D eigenvalue weighted by molar-refractivity contribution is 9.10. The molecule has 0 saturated carbocycles. The Kier molecular flexibility index (Phi) is 10.6. The number of sulfonamides is 1. The van der Waals surface area contributed by atoms with Gasteiger partial charge in [-0.25, -0.2) is 8.42 Å². The van der Waals surface area contributed by atoms with E-state index in [1.807, 2.05) is 45.0 Å². The molecule has 3 rings (SSSR count). The van der Waals surface area contributed by atoms with Gasteiger partial charge in [-0.05, 0) is 61.7 Å². The van der Waals surface area contributed by atoms with Gasteiger partial charge in [0.05, 0.1) is 15.6 Å². The Bertz CT molecular complexity index is 1410. The average Bonchev–Trinajstić information content (AvgIpc) is 2.89. The molecule has 39 heavy (non-hydrogen) atoms. The zero-order valence-electron chi connectivity index (χ0n) is 22.4. The molecule has 2 amide bonds. The second kappa shape index (κ2) is 13.5. The maximum atomic E-state index is 13.9. The van der Waals surface area contributed by atoms with E-state index in [4.69, 9.17) is 11.6 Å². The molecule has 0 bridgehead atoms. The topological polar surface area (TPSA) is 86.8 Å². The second-order valence-electron chi connectivity index (χ2n) is 9.74. The van der Waals surface area contributed by atoms with Gasteiger partial charge in [-0.2, -0.15) is 0 Å². The van der Waals surface area contributed by atoms with Crippen molar-refractivity contribution in [3.05, 3.63) is 93.4 Å². The van der Waals surface area contributed by atoms with Gasteiger partial charge in [-0.1, -0.05) is 83.3 Å². The van der Waals surface area contributed by atoms with E-state index in [0.29, 0.717) is 6.54 Å². The Labute approximate surface area is 244 Å². The number of hydrogen-bond acceptors (Lipinski definition) is 4. The fourth-order valence-corrected chi connectivity index (χ4v) is 6.04. The molecule has 0 fully saturated rings. The number of benzene rings is 3. The van der Waals surface area contributed by atoms with Crippen LogP contribution in [0.2, 0.25) is 5.02 Å². The maximum absolute atomic E-state index is 13.9. The van der Waals surface area contributed by atoms with Crippen LogP contribution in [0.3, 0.4) is 0 Å². The fourth-order valence-electron chi connectivity index (χ4n) is 3.87. The Morgan fingerprint density at radius 3 is 2.26 bits per heavy atom. The van der Waals surface area contributed by atoms with Gasteiger partial charge in [-0.3, -0.25) is 13.9 Å². The lowest BCUT2D eigenvalue weighted by atomic mass is 10.1. The third kappa shape index (κ3) is 8.06. The number of amides is 2. The molecule has 0 aliphatic carbocycles. The van der Waals surface area contributed by atoms with Crippen LogP contribution >= 0.6 is 27.5 Å². The molecule has 0 aromatic heterocycles. The number of hydrogen-bond donors (Lipinski definition) is 1. The molecule has 1 atom stereocenters. The number of aryl methyl sites for hydroxylation is 1. The van der Waals surface area contributed by atoms with E-state index in [0.717, 1.165) is 19.9 Å². The van der Waals surface area contributed by atoms with E-state index in [-0.39, 0.29) is 34.0 Å². The van der Waals surface area contributed by atoms with Crippen molar-refractivity contribution in [2.24, 2.45) is 5.92 Å². The van der Waals surface area contributed by atoms with E-state index >= 15 is 0 Å². The van der Waals surface area contributed by atoms with Crippen molar-refractivity contribution in [3.8, 4) is 0 Å². The highest BCUT2D eigenvalue weighted by Crippen LogP contribution is 2.31. The van der Waals surface area contributed by atoms with Gasteiger partial charge in [0.2, 0.25) is 11.8 Å². The standard InChI is InChI=1S/C29H33BrClN3O4S/c1-20(2)17-32-29(36)22(4)33(18-23-8-7-9-24(30)16-23)28(35)19-34(27-11-6-5-10-26(27)31)39(37,38)25-14-12-21(3)13-15-25/h5-16,20,22H,17-19H2,1-4H3,(H,32,36). The molecule has 10 heteroatoms. The summed E-state index contributed by atoms with van der Waals surface area (Å²) in [5, 5.41) is 3.06. The van der Waals surface area contributed by atoms with Crippen LogP contribution in [0.1, 0.15) is 31.9 Å². The van der Waals surface area contributed by atoms with Crippen LogP contribution in [0, 0.1) is 12.8 Å². The fraction of sp³-hybridized carbons (Fsp3) is 0.310. The van der Waals surface area contributed by atoms with E-state index in [9.17, 15) is 18.0 Å². The number of anilines is 1. The first-order chi connectivity index (χ1) is 18.4. The summed E-state index contributed by atoms with van der Waals surface area (Å²) in [5.74, 6) is -0.638. The summed E-state index contributed by atoms with van der Waals surface area (Å²) < 4.78 is 29.5.